The standard InChI is InChI=1S/C32H21/c1-3-15-25-23(11-1)13-9-21-27(25)29-17-5-7-19-31(29)32-20-8-6-18-30(32)28-22-10-14-24-12-2-4-16-26(24)28/h1-17,19-22H. The molecule has 0 saturated carbocycles. The van der Waals surface area contributed by atoms with Crippen molar-refractivity contribution < 1.29 is 0 Å². The fourth-order valence-corrected chi connectivity index (χ4v) is 4.74. The predicted molar refractivity (Wildman–Crippen MR) is 137 cm³/mol. The Hall–Kier alpha value is -4.16. The normalized spacial score (nSPS) is 11.1. The SMILES string of the molecule is [c]1cccc(-c2ccccc2-c2cccc3ccccc23)c1-c1cccc2ccccc12. The highest BCUT2D eigenvalue weighted by Crippen LogP contribution is 2.41. The zero-order valence-electron chi connectivity index (χ0n) is 17.6. The molecule has 149 valence electrons. The van der Waals surface area contributed by atoms with Gasteiger partial charge in [-0.1, -0.05) is 127 Å². The third kappa shape index (κ3) is 3.09. The van der Waals surface area contributed by atoms with Crippen LogP contribution in [0.25, 0.3) is 54.9 Å². The zero-order valence-corrected chi connectivity index (χ0v) is 17.6. The van der Waals surface area contributed by atoms with E-state index in [0.717, 1.165) is 5.56 Å². The van der Waals surface area contributed by atoms with Crippen LogP contribution in [0.2, 0.25) is 0 Å². The first-order valence-corrected chi connectivity index (χ1v) is 11.0. The summed E-state index contributed by atoms with van der Waals surface area (Å²) in [4.78, 5) is 0. The molecule has 0 bridgehead atoms. The van der Waals surface area contributed by atoms with Gasteiger partial charge < -0.3 is 0 Å². The van der Waals surface area contributed by atoms with Crippen molar-refractivity contribution in [1.82, 2.24) is 0 Å². The summed E-state index contributed by atoms with van der Waals surface area (Å²) < 4.78 is 0. The molecule has 0 nitrogen and oxygen atoms in total. The van der Waals surface area contributed by atoms with E-state index in [4.69, 9.17) is 0 Å². The molecule has 0 aliphatic rings. The molecule has 0 atom stereocenters. The van der Waals surface area contributed by atoms with Crippen molar-refractivity contribution in [2.24, 2.45) is 0 Å². The van der Waals surface area contributed by atoms with Gasteiger partial charge in [0.2, 0.25) is 0 Å². The van der Waals surface area contributed by atoms with Crippen molar-refractivity contribution in [3.63, 3.8) is 0 Å². The van der Waals surface area contributed by atoms with E-state index in [2.05, 4.69) is 127 Å². The Kier molecular flexibility index (Phi) is 4.55. The maximum Gasteiger partial charge on any atom is -0.00201 e. The molecule has 0 N–H and O–H groups in total. The number of hydrogen-bond donors (Lipinski definition) is 0. The average Bonchev–Trinajstić information content (AvgIpc) is 2.88. The Morgan fingerprint density at radius 1 is 0.344 bits per heavy atom. The van der Waals surface area contributed by atoms with Crippen molar-refractivity contribution >= 4 is 21.5 Å². The predicted octanol–water partition coefficient (Wildman–Crippen LogP) is 8.79. The minimum Gasteiger partial charge on any atom is -0.0616 e. The summed E-state index contributed by atoms with van der Waals surface area (Å²) in [5.74, 6) is 0. The lowest BCUT2D eigenvalue weighted by atomic mass is 9.87. The van der Waals surface area contributed by atoms with Crippen LogP contribution >= 0.6 is 0 Å². The monoisotopic (exact) mass is 405 g/mol. The smallest absolute Gasteiger partial charge is 0.00201 e. The van der Waals surface area contributed by atoms with E-state index in [-0.39, 0.29) is 0 Å². The van der Waals surface area contributed by atoms with Gasteiger partial charge in [0.25, 0.3) is 0 Å². The Labute approximate surface area is 188 Å². The third-order valence-electron chi connectivity index (χ3n) is 6.21. The topological polar surface area (TPSA) is 0 Å². The molecular formula is C32H21. The highest BCUT2D eigenvalue weighted by molar-refractivity contribution is 6.04. The van der Waals surface area contributed by atoms with Crippen LogP contribution in [0.4, 0.5) is 0 Å². The van der Waals surface area contributed by atoms with Gasteiger partial charge in [0, 0.05) is 0 Å². The van der Waals surface area contributed by atoms with Crippen LogP contribution in [0.15, 0.2) is 127 Å². The molecule has 0 heterocycles. The van der Waals surface area contributed by atoms with Gasteiger partial charge in [-0.15, -0.1) is 0 Å². The number of benzene rings is 6. The maximum absolute atomic E-state index is 3.56. The van der Waals surface area contributed by atoms with Gasteiger partial charge in [-0.2, -0.15) is 0 Å². The van der Waals surface area contributed by atoms with Gasteiger partial charge in [0.1, 0.15) is 0 Å². The van der Waals surface area contributed by atoms with E-state index in [1.54, 1.807) is 0 Å². The van der Waals surface area contributed by atoms with Crippen molar-refractivity contribution in [2.45, 2.75) is 0 Å². The lowest BCUT2D eigenvalue weighted by Gasteiger charge is -2.17. The third-order valence-corrected chi connectivity index (χ3v) is 6.21. The Balaban J connectivity index is 1.63. The molecule has 0 aliphatic carbocycles. The quantitative estimate of drug-likeness (QED) is 0.276. The summed E-state index contributed by atoms with van der Waals surface area (Å²) in [6.45, 7) is 0. The lowest BCUT2D eigenvalue weighted by molar-refractivity contribution is 1.58. The molecule has 0 spiro atoms. The molecule has 32 heavy (non-hydrogen) atoms. The molecule has 0 saturated heterocycles. The molecule has 0 aliphatic heterocycles. The van der Waals surface area contributed by atoms with Crippen LogP contribution in [-0.4, -0.2) is 0 Å². The second-order valence-corrected chi connectivity index (χ2v) is 8.06. The van der Waals surface area contributed by atoms with Crippen LogP contribution in [0.5, 0.6) is 0 Å². The maximum atomic E-state index is 3.56. The van der Waals surface area contributed by atoms with Crippen molar-refractivity contribution in [1.29, 1.82) is 0 Å². The molecule has 0 fully saturated rings. The molecule has 0 aromatic heterocycles. The van der Waals surface area contributed by atoms with E-state index in [1.165, 1.54) is 49.4 Å². The molecule has 6 rings (SSSR count). The van der Waals surface area contributed by atoms with Crippen molar-refractivity contribution in [3.8, 4) is 33.4 Å². The van der Waals surface area contributed by atoms with Crippen LogP contribution in [-0.2, 0) is 0 Å². The minimum atomic E-state index is 1.14. The highest BCUT2D eigenvalue weighted by Gasteiger charge is 2.15. The zero-order chi connectivity index (χ0) is 21.3. The van der Waals surface area contributed by atoms with Gasteiger partial charge >= 0.3 is 0 Å². The first-order chi connectivity index (χ1) is 15.9. The van der Waals surface area contributed by atoms with E-state index in [1.807, 2.05) is 6.07 Å². The lowest BCUT2D eigenvalue weighted by Crippen LogP contribution is -1.91. The Morgan fingerprint density at radius 3 is 1.53 bits per heavy atom. The summed E-state index contributed by atoms with van der Waals surface area (Å²) in [6.07, 6.45) is 0. The molecule has 6 aromatic rings. The largest absolute Gasteiger partial charge is 0.0616 e. The van der Waals surface area contributed by atoms with Crippen LogP contribution in [0.3, 0.4) is 0 Å². The first-order valence-electron chi connectivity index (χ1n) is 11.0. The van der Waals surface area contributed by atoms with E-state index in [9.17, 15) is 0 Å². The molecule has 1 radical (unpaired) electrons. The van der Waals surface area contributed by atoms with E-state index >= 15 is 0 Å². The second kappa shape index (κ2) is 7.83. The molecule has 6 aromatic carbocycles. The van der Waals surface area contributed by atoms with Crippen LogP contribution < -0.4 is 0 Å². The summed E-state index contributed by atoms with van der Waals surface area (Å²) in [7, 11) is 0. The Morgan fingerprint density at radius 2 is 0.812 bits per heavy atom. The van der Waals surface area contributed by atoms with Gasteiger partial charge in [0.15, 0.2) is 0 Å². The fraction of sp³-hybridized carbons (Fsp3) is 0. The van der Waals surface area contributed by atoms with Crippen molar-refractivity contribution in [3.05, 3.63) is 133 Å². The van der Waals surface area contributed by atoms with Crippen LogP contribution in [0.1, 0.15) is 0 Å². The number of rotatable bonds is 3. The van der Waals surface area contributed by atoms with Gasteiger partial charge in [-0.25, -0.2) is 0 Å². The molecule has 0 unspecified atom stereocenters. The summed E-state index contributed by atoms with van der Waals surface area (Å²) in [5.41, 5.74) is 7.27. The summed E-state index contributed by atoms with van der Waals surface area (Å²) in [5, 5.41) is 5.03. The van der Waals surface area contributed by atoms with Crippen LogP contribution in [0, 0.1) is 6.07 Å². The molecular weight excluding hydrogens is 384 g/mol. The van der Waals surface area contributed by atoms with Gasteiger partial charge in [-0.05, 0) is 61.0 Å². The highest BCUT2D eigenvalue weighted by atomic mass is 14.2. The van der Waals surface area contributed by atoms with E-state index < -0.39 is 0 Å². The van der Waals surface area contributed by atoms with Gasteiger partial charge in [0.05, 0.1) is 0 Å². The minimum absolute atomic E-state index is 1.14. The fourth-order valence-electron chi connectivity index (χ4n) is 4.74. The molecule has 0 heteroatoms. The summed E-state index contributed by atoms with van der Waals surface area (Å²) in [6, 6.07) is 48.9. The number of fused-ring (bicyclic) bond motifs is 2. The van der Waals surface area contributed by atoms with Crippen molar-refractivity contribution in [2.75, 3.05) is 0 Å². The first kappa shape index (κ1) is 18.6. The van der Waals surface area contributed by atoms with Gasteiger partial charge in [-0.3, -0.25) is 0 Å². The van der Waals surface area contributed by atoms with E-state index in [0.29, 0.717) is 0 Å². The average molecular weight is 406 g/mol. The second-order valence-electron chi connectivity index (χ2n) is 8.06. The number of hydrogen-bond acceptors (Lipinski definition) is 0. The summed E-state index contributed by atoms with van der Waals surface area (Å²) >= 11 is 0. The molecule has 0 amide bonds. The Bertz CT molecular complexity index is 1440.